The van der Waals surface area contributed by atoms with Crippen molar-refractivity contribution < 1.29 is 14.3 Å². The predicted molar refractivity (Wildman–Crippen MR) is 66.3 cm³/mol. The van der Waals surface area contributed by atoms with Crippen LogP contribution in [0.2, 0.25) is 0 Å². The minimum absolute atomic E-state index is 0.156. The molecule has 1 aromatic rings. The second kappa shape index (κ2) is 6.13. The van der Waals surface area contributed by atoms with Gasteiger partial charge in [0.2, 0.25) is 6.41 Å². The minimum Gasteiger partial charge on any atom is -0.493 e. The Kier molecular flexibility index (Phi) is 4.82. The van der Waals surface area contributed by atoms with Gasteiger partial charge in [-0.05, 0) is 19.9 Å². The summed E-state index contributed by atoms with van der Waals surface area (Å²) in [6.45, 7) is 4.46. The smallest absolute Gasteiger partial charge is 0.210 e. The van der Waals surface area contributed by atoms with E-state index in [0.29, 0.717) is 18.0 Å². The van der Waals surface area contributed by atoms with E-state index in [0.717, 1.165) is 12.0 Å². The maximum Gasteiger partial charge on any atom is 0.210 e. The molecule has 0 heterocycles. The molecule has 0 saturated carbocycles. The number of rotatable bonds is 6. The van der Waals surface area contributed by atoms with Gasteiger partial charge in [-0.25, -0.2) is 0 Å². The van der Waals surface area contributed by atoms with E-state index in [1.807, 2.05) is 32.0 Å². The molecule has 0 aliphatic carbocycles. The molecule has 1 amide bonds. The lowest BCUT2D eigenvalue weighted by atomic mass is 10.1. The fourth-order valence-corrected chi connectivity index (χ4v) is 1.62. The maximum absolute atomic E-state index is 11.0. The Hall–Kier alpha value is -1.71. The first kappa shape index (κ1) is 13.4. The zero-order valence-corrected chi connectivity index (χ0v) is 10.8. The van der Waals surface area contributed by atoms with Crippen LogP contribution in [0.5, 0.6) is 11.5 Å². The van der Waals surface area contributed by atoms with Crippen molar-refractivity contribution in [3.05, 3.63) is 23.8 Å². The first-order valence-corrected chi connectivity index (χ1v) is 5.55. The Morgan fingerprint density at radius 2 is 2.00 bits per heavy atom. The SMILES string of the molecule is COc1cccc(CN(C=O)C(C)C)c1OC. The largest absolute Gasteiger partial charge is 0.493 e. The van der Waals surface area contributed by atoms with Gasteiger partial charge in [-0.2, -0.15) is 0 Å². The van der Waals surface area contributed by atoms with Crippen molar-refractivity contribution in [1.82, 2.24) is 4.90 Å². The molecule has 0 N–H and O–H groups in total. The van der Waals surface area contributed by atoms with E-state index in [9.17, 15) is 4.79 Å². The Bertz CT molecular complexity index is 377. The monoisotopic (exact) mass is 237 g/mol. The lowest BCUT2D eigenvalue weighted by Gasteiger charge is -2.23. The Balaban J connectivity index is 3.01. The average molecular weight is 237 g/mol. The van der Waals surface area contributed by atoms with Crippen molar-refractivity contribution in [3.63, 3.8) is 0 Å². The van der Waals surface area contributed by atoms with E-state index >= 15 is 0 Å². The van der Waals surface area contributed by atoms with Crippen LogP contribution >= 0.6 is 0 Å². The molecular formula is C13H19NO3. The maximum atomic E-state index is 11.0. The third-order valence-corrected chi connectivity index (χ3v) is 2.64. The fourth-order valence-electron chi connectivity index (χ4n) is 1.62. The molecule has 0 aliphatic rings. The molecule has 94 valence electrons. The summed E-state index contributed by atoms with van der Waals surface area (Å²) in [5.41, 5.74) is 0.938. The summed E-state index contributed by atoms with van der Waals surface area (Å²) in [4.78, 5) is 12.7. The number of amides is 1. The summed E-state index contributed by atoms with van der Waals surface area (Å²) in [5.74, 6) is 1.36. The second-order valence-electron chi connectivity index (χ2n) is 4.02. The van der Waals surface area contributed by atoms with Gasteiger partial charge in [0.25, 0.3) is 0 Å². The number of ether oxygens (including phenoxy) is 2. The highest BCUT2D eigenvalue weighted by atomic mass is 16.5. The molecule has 0 bridgehead atoms. The summed E-state index contributed by atoms with van der Waals surface area (Å²) in [6.07, 6.45) is 0.851. The number of carbonyl (C=O) groups is 1. The topological polar surface area (TPSA) is 38.8 Å². The van der Waals surface area contributed by atoms with Gasteiger partial charge >= 0.3 is 0 Å². The highest BCUT2D eigenvalue weighted by Gasteiger charge is 2.13. The first-order valence-electron chi connectivity index (χ1n) is 5.55. The molecule has 0 aromatic heterocycles. The number of hydrogen-bond acceptors (Lipinski definition) is 3. The van der Waals surface area contributed by atoms with Crippen molar-refractivity contribution in [2.24, 2.45) is 0 Å². The van der Waals surface area contributed by atoms with E-state index < -0.39 is 0 Å². The van der Waals surface area contributed by atoms with E-state index in [-0.39, 0.29) is 6.04 Å². The number of carbonyl (C=O) groups excluding carboxylic acids is 1. The van der Waals surface area contributed by atoms with Crippen LogP contribution in [0.4, 0.5) is 0 Å². The van der Waals surface area contributed by atoms with E-state index in [1.165, 1.54) is 0 Å². The number of benzene rings is 1. The molecule has 4 nitrogen and oxygen atoms in total. The van der Waals surface area contributed by atoms with Gasteiger partial charge in [0, 0.05) is 18.2 Å². The third-order valence-electron chi connectivity index (χ3n) is 2.64. The van der Waals surface area contributed by atoms with Gasteiger partial charge in [-0.1, -0.05) is 12.1 Å². The molecule has 1 aromatic carbocycles. The van der Waals surface area contributed by atoms with Gasteiger partial charge in [0.05, 0.1) is 14.2 Å². The van der Waals surface area contributed by atoms with Crippen LogP contribution in [0.25, 0.3) is 0 Å². The van der Waals surface area contributed by atoms with Crippen molar-refractivity contribution in [2.75, 3.05) is 14.2 Å². The third kappa shape index (κ3) is 3.12. The molecule has 17 heavy (non-hydrogen) atoms. The van der Waals surface area contributed by atoms with Crippen molar-refractivity contribution in [2.45, 2.75) is 26.4 Å². The molecule has 0 fully saturated rings. The standard InChI is InChI=1S/C13H19NO3/c1-10(2)14(9-15)8-11-6-5-7-12(16-3)13(11)17-4/h5-7,9-10H,8H2,1-4H3. The lowest BCUT2D eigenvalue weighted by molar-refractivity contribution is -0.120. The summed E-state index contributed by atoms with van der Waals surface area (Å²) in [5, 5.41) is 0. The van der Waals surface area contributed by atoms with Crippen LogP contribution in [0, 0.1) is 0 Å². The van der Waals surface area contributed by atoms with E-state index in [2.05, 4.69) is 0 Å². The van der Waals surface area contributed by atoms with Crippen LogP contribution in [0.15, 0.2) is 18.2 Å². The molecule has 4 heteroatoms. The van der Waals surface area contributed by atoms with Gasteiger partial charge in [0.1, 0.15) is 0 Å². The lowest BCUT2D eigenvalue weighted by Crippen LogP contribution is -2.28. The predicted octanol–water partition coefficient (Wildman–Crippen LogP) is 2.07. The van der Waals surface area contributed by atoms with Crippen LogP contribution in [-0.2, 0) is 11.3 Å². The Morgan fingerprint density at radius 1 is 1.29 bits per heavy atom. The molecule has 0 unspecified atom stereocenters. The summed E-state index contributed by atoms with van der Waals surface area (Å²) < 4.78 is 10.5. The van der Waals surface area contributed by atoms with Crippen molar-refractivity contribution in [1.29, 1.82) is 0 Å². The summed E-state index contributed by atoms with van der Waals surface area (Å²) in [7, 11) is 3.20. The highest BCUT2D eigenvalue weighted by Crippen LogP contribution is 2.31. The molecule has 0 radical (unpaired) electrons. The fraction of sp³-hybridized carbons (Fsp3) is 0.462. The molecule has 1 rings (SSSR count). The quantitative estimate of drug-likeness (QED) is 0.711. The normalized spacial score (nSPS) is 10.2. The van der Waals surface area contributed by atoms with Crippen LogP contribution < -0.4 is 9.47 Å². The van der Waals surface area contributed by atoms with E-state index in [1.54, 1.807) is 19.1 Å². The Labute approximate surface area is 102 Å². The van der Waals surface area contributed by atoms with Crippen molar-refractivity contribution in [3.8, 4) is 11.5 Å². The number of nitrogens with zero attached hydrogens (tertiary/aromatic N) is 1. The van der Waals surface area contributed by atoms with E-state index in [4.69, 9.17) is 9.47 Å². The van der Waals surface area contributed by atoms with Crippen LogP contribution in [0.3, 0.4) is 0 Å². The minimum atomic E-state index is 0.156. The first-order chi connectivity index (χ1) is 8.13. The molecule has 0 aliphatic heterocycles. The second-order valence-corrected chi connectivity index (χ2v) is 4.02. The Morgan fingerprint density at radius 3 is 2.47 bits per heavy atom. The van der Waals surface area contributed by atoms with Gasteiger partial charge < -0.3 is 14.4 Å². The summed E-state index contributed by atoms with van der Waals surface area (Å²) in [6, 6.07) is 5.81. The molecule has 0 spiro atoms. The number of para-hydroxylation sites is 1. The summed E-state index contributed by atoms with van der Waals surface area (Å²) >= 11 is 0. The number of methoxy groups -OCH3 is 2. The van der Waals surface area contributed by atoms with Gasteiger partial charge in [-0.15, -0.1) is 0 Å². The van der Waals surface area contributed by atoms with Gasteiger partial charge in [-0.3, -0.25) is 4.79 Å². The van der Waals surface area contributed by atoms with Crippen LogP contribution in [0.1, 0.15) is 19.4 Å². The van der Waals surface area contributed by atoms with Gasteiger partial charge in [0.15, 0.2) is 11.5 Å². The zero-order valence-electron chi connectivity index (χ0n) is 10.8. The van der Waals surface area contributed by atoms with Crippen molar-refractivity contribution >= 4 is 6.41 Å². The molecule has 0 atom stereocenters. The number of hydrogen-bond donors (Lipinski definition) is 0. The molecule has 0 saturated heterocycles. The molecular weight excluding hydrogens is 218 g/mol. The average Bonchev–Trinajstić information content (AvgIpc) is 2.34. The zero-order chi connectivity index (χ0) is 12.8. The van der Waals surface area contributed by atoms with Crippen LogP contribution in [-0.4, -0.2) is 31.6 Å². The highest BCUT2D eigenvalue weighted by molar-refractivity contribution is 5.51.